The summed E-state index contributed by atoms with van der Waals surface area (Å²) in [6.45, 7) is 3.78. The lowest BCUT2D eigenvalue weighted by molar-refractivity contribution is -0.135. The number of benzene rings is 1. The number of rotatable bonds is 11. The SMILES string of the molecule is CCCCCCCCCCN1C=CC(c2cc(Cl)c(Cl)c3[nH]c4c(c23)CN(C(=O)CO)CC4)N1. The first kappa shape index (κ1) is 25.4. The fourth-order valence-electron chi connectivity index (χ4n) is 5.11. The molecule has 8 heteroatoms. The second-order valence-corrected chi connectivity index (χ2v) is 10.2. The Balaban J connectivity index is 1.43. The lowest BCUT2D eigenvalue weighted by Crippen LogP contribution is -2.37. The second-order valence-electron chi connectivity index (χ2n) is 9.43. The van der Waals surface area contributed by atoms with Crippen LogP contribution < -0.4 is 5.43 Å². The number of amides is 1. The Hall–Kier alpha value is -1.73. The zero-order chi connectivity index (χ0) is 24.1. The minimum atomic E-state index is -0.474. The second kappa shape index (κ2) is 11.8. The quantitative estimate of drug-likeness (QED) is 0.333. The standard InChI is InChI=1S/C26H36Cl2N4O2/c1-2-3-4-5-6-7-8-9-12-32-14-11-22(30-32)18-15-20(27)25(28)26-24(18)19-16-31(23(34)17-33)13-10-21(19)29-26/h11,14-15,22,29-30,33H,2-10,12-13,16-17H2,1H3. The van der Waals surface area contributed by atoms with Crippen LogP contribution in [-0.2, 0) is 17.8 Å². The van der Waals surface area contributed by atoms with Gasteiger partial charge in [0.05, 0.1) is 21.6 Å². The summed E-state index contributed by atoms with van der Waals surface area (Å²) in [6.07, 6.45) is 15.4. The minimum absolute atomic E-state index is 0.0184. The average molecular weight is 508 g/mol. The highest BCUT2D eigenvalue weighted by Crippen LogP contribution is 2.41. The van der Waals surface area contributed by atoms with Crippen molar-refractivity contribution < 1.29 is 9.90 Å². The van der Waals surface area contributed by atoms with Gasteiger partial charge in [0, 0.05) is 48.9 Å². The van der Waals surface area contributed by atoms with Crippen LogP contribution in [0.25, 0.3) is 10.9 Å². The third-order valence-electron chi connectivity index (χ3n) is 7.01. The van der Waals surface area contributed by atoms with Crippen LogP contribution in [0.1, 0.15) is 81.2 Å². The first-order chi connectivity index (χ1) is 16.5. The van der Waals surface area contributed by atoms with Crippen LogP contribution in [0.4, 0.5) is 0 Å². The van der Waals surface area contributed by atoms with Crippen molar-refractivity contribution in [2.24, 2.45) is 0 Å². The molecule has 2 aliphatic rings. The highest BCUT2D eigenvalue weighted by molar-refractivity contribution is 6.45. The predicted octanol–water partition coefficient (Wildman–Crippen LogP) is 5.87. The lowest BCUT2D eigenvalue weighted by Gasteiger charge is -2.27. The van der Waals surface area contributed by atoms with Crippen LogP contribution >= 0.6 is 23.2 Å². The van der Waals surface area contributed by atoms with Gasteiger partial charge in [0.15, 0.2) is 0 Å². The smallest absolute Gasteiger partial charge is 0.248 e. The maximum Gasteiger partial charge on any atom is 0.248 e. The van der Waals surface area contributed by atoms with Crippen molar-refractivity contribution in [1.29, 1.82) is 0 Å². The van der Waals surface area contributed by atoms with Gasteiger partial charge in [-0.15, -0.1) is 0 Å². The minimum Gasteiger partial charge on any atom is -0.387 e. The fourth-order valence-corrected chi connectivity index (χ4v) is 5.52. The number of hydrazine groups is 1. The Labute approximate surface area is 212 Å². The van der Waals surface area contributed by atoms with Gasteiger partial charge in [0.2, 0.25) is 5.91 Å². The highest BCUT2D eigenvalue weighted by Gasteiger charge is 2.29. The van der Waals surface area contributed by atoms with Gasteiger partial charge in [-0.25, -0.2) is 5.43 Å². The summed E-state index contributed by atoms with van der Waals surface area (Å²) in [7, 11) is 0. The van der Waals surface area contributed by atoms with E-state index in [9.17, 15) is 9.90 Å². The first-order valence-corrected chi connectivity index (χ1v) is 13.4. The van der Waals surface area contributed by atoms with Gasteiger partial charge in [0.25, 0.3) is 0 Å². The molecule has 1 amide bonds. The van der Waals surface area contributed by atoms with Crippen LogP contribution in [0.5, 0.6) is 0 Å². The van der Waals surface area contributed by atoms with E-state index >= 15 is 0 Å². The largest absolute Gasteiger partial charge is 0.387 e. The van der Waals surface area contributed by atoms with Crippen LogP contribution in [0, 0.1) is 0 Å². The van der Waals surface area contributed by atoms with Gasteiger partial charge < -0.3 is 20.0 Å². The number of nitrogens with zero attached hydrogens (tertiary/aromatic N) is 2. The number of nitrogens with one attached hydrogen (secondary N) is 2. The van der Waals surface area contributed by atoms with Gasteiger partial charge in [-0.2, -0.15) is 0 Å². The van der Waals surface area contributed by atoms with Crippen LogP contribution in [0.2, 0.25) is 10.0 Å². The summed E-state index contributed by atoms with van der Waals surface area (Å²) in [5, 5.41) is 13.5. The average Bonchev–Trinajstić information content (AvgIpc) is 3.47. The zero-order valence-corrected chi connectivity index (χ0v) is 21.5. The summed E-state index contributed by atoms with van der Waals surface area (Å²) in [5.74, 6) is -0.253. The molecule has 34 heavy (non-hydrogen) atoms. The highest BCUT2D eigenvalue weighted by atomic mass is 35.5. The Morgan fingerprint density at radius 2 is 1.88 bits per heavy atom. The molecule has 1 aromatic carbocycles. The number of aliphatic hydroxyl groups excluding tert-OH is 1. The molecule has 4 rings (SSSR count). The number of carbonyl (C=O) groups excluding carboxylic acids is 1. The summed E-state index contributed by atoms with van der Waals surface area (Å²) in [4.78, 5) is 17.3. The number of aliphatic hydroxyl groups is 1. The molecule has 0 radical (unpaired) electrons. The van der Waals surface area contributed by atoms with E-state index < -0.39 is 6.61 Å². The van der Waals surface area contributed by atoms with Gasteiger partial charge in [-0.05, 0) is 24.1 Å². The topological polar surface area (TPSA) is 71.6 Å². The Bertz CT molecular complexity index is 1040. The Morgan fingerprint density at radius 1 is 1.15 bits per heavy atom. The molecule has 0 saturated carbocycles. The Kier molecular flexibility index (Phi) is 8.81. The molecule has 0 fully saturated rings. The maximum absolute atomic E-state index is 12.1. The van der Waals surface area contributed by atoms with E-state index in [1.807, 2.05) is 6.07 Å². The molecule has 0 bridgehead atoms. The van der Waals surface area contributed by atoms with E-state index in [2.05, 4.69) is 34.6 Å². The molecule has 1 atom stereocenters. The van der Waals surface area contributed by atoms with Crippen molar-refractivity contribution in [3.05, 3.63) is 45.2 Å². The molecule has 1 aromatic heterocycles. The molecule has 0 aliphatic carbocycles. The summed E-state index contributed by atoms with van der Waals surface area (Å²) in [5.41, 5.74) is 7.61. The number of H-pyrrole nitrogens is 1. The van der Waals surface area contributed by atoms with Crippen LogP contribution in [-0.4, -0.2) is 45.6 Å². The number of hydrogen-bond donors (Lipinski definition) is 3. The van der Waals surface area contributed by atoms with Crippen molar-refractivity contribution in [1.82, 2.24) is 20.3 Å². The summed E-state index contributed by atoms with van der Waals surface area (Å²) < 4.78 is 0. The molecule has 2 aromatic rings. The number of carbonyl (C=O) groups is 1. The third-order valence-corrected chi connectivity index (χ3v) is 7.80. The monoisotopic (exact) mass is 506 g/mol. The molecular formula is C26H36Cl2N4O2. The van der Waals surface area contributed by atoms with Crippen molar-refractivity contribution in [2.75, 3.05) is 19.7 Å². The molecule has 6 nitrogen and oxygen atoms in total. The maximum atomic E-state index is 12.1. The van der Waals surface area contributed by atoms with Gasteiger partial charge in [-0.3, -0.25) is 4.79 Å². The Morgan fingerprint density at radius 3 is 2.62 bits per heavy atom. The van der Waals surface area contributed by atoms with Gasteiger partial charge in [0.1, 0.15) is 6.61 Å². The molecule has 1 unspecified atom stereocenters. The molecule has 186 valence electrons. The number of aromatic amines is 1. The van der Waals surface area contributed by atoms with E-state index in [-0.39, 0.29) is 11.9 Å². The van der Waals surface area contributed by atoms with Gasteiger partial charge in [-0.1, -0.05) is 75.1 Å². The number of unbranched alkanes of at least 4 members (excludes halogenated alkanes) is 7. The van der Waals surface area contributed by atoms with E-state index in [4.69, 9.17) is 23.2 Å². The molecular weight excluding hydrogens is 471 g/mol. The molecule has 3 N–H and O–H groups in total. The van der Waals surface area contributed by atoms with Crippen molar-refractivity contribution in [2.45, 2.75) is 77.3 Å². The molecule has 0 saturated heterocycles. The van der Waals surface area contributed by atoms with Crippen molar-refractivity contribution in [3.8, 4) is 0 Å². The van der Waals surface area contributed by atoms with E-state index in [1.165, 1.54) is 44.9 Å². The number of aromatic nitrogens is 1. The third kappa shape index (κ3) is 5.56. The number of hydrogen-bond acceptors (Lipinski definition) is 4. The van der Waals surface area contributed by atoms with E-state index in [0.29, 0.717) is 29.6 Å². The molecule has 3 heterocycles. The molecule has 0 spiro atoms. The normalized spacial score (nSPS) is 17.7. The van der Waals surface area contributed by atoms with Crippen LogP contribution in [0.15, 0.2) is 18.3 Å². The lowest BCUT2D eigenvalue weighted by atomic mass is 9.96. The van der Waals surface area contributed by atoms with Crippen molar-refractivity contribution >= 4 is 40.0 Å². The van der Waals surface area contributed by atoms with Gasteiger partial charge >= 0.3 is 0 Å². The van der Waals surface area contributed by atoms with E-state index in [0.717, 1.165) is 40.7 Å². The number of halogens is 2. The molecule has 2 aliphatic heterocycles. The van der Waals surface area contributed by atoms with E-state index in [1.54, 1.807) is 4.90 Å². The predicted molar refractivity (Wildman–Crippen MR) is 139 cm³/mol. The number of fused-ring (bicyclic) bond motifs is 3. The van der Waals surface area contributed by atoms with Crippen LogP contribution in [0.3, 0.4) is 0 Å². The van der Waals surface area contributed by atoms with Crippen molar-refractivity contribution in [3.63, 3.8) is 0 Å². The summed E-state index contributed by atoms with van der Waals surface area (Å²) in [6, 6.07) is 1.92. The first-order valence-electron chi connectivity index (χ1n) is 12.6. The summed E-state index contributed by atoms with van der Waals surface area (Å²) >= 11 is 13.1. The fraction of sp³-hybridized carbons (Fsp3) is 0.577. The zero-order valence-electron chi connectivity index (χ0n) is 20.0.